The molecule has 0 bridgehead atoms. The van der Waals surface area contributed by atoms with Crippen LogP contribution in [0.2, 0.25) is 0 Å². The van der Waals surface area contributed by atoms with Crippen LogP contribution in [0.5, 0.6) is 11.5 Å². The highest BCUT2D eigenvalue weighted by Crippen LogP contribution is 2.42. The minimum absolute atomic E-state index is 0.0269. The highest BCUT2D eigenvalue weighted by atomic mass is 16.5. The zero-order chi connectivity index (χ0) is 15.6. The lowest BCUT2D eigenvalue weighted by Gasteiger charge is -2.38. The quantitative estimate of drug-likeness (QED) is 0.810. The van der Waals surface area contributed by atoms with E-state index in [1.165, 1.54) is 26.2 Å². The van der Waals surface area contributed by atoms with Gasteiger partial charge in [-0.15, -0.1) is 0 Å². The van der Waals surface area contributed by atoms with Gasteiger partial charge in [0.1, 0.15) is 5.60 Å². The number of hydrogen-bond acceptors (Lipinski definition) is 5. The van der Waals surface area contributed by atoms with E-state index in [-0.39, 0.29) is 18.1 Å². The fraction of sp³-hybridized carbons (Fsp3) is 0.533. The number of carbonyl (C=O) groups excluding carboxylic acids is 1. The maximum Gasteiger partial charge on any atom is 0.314 e. The van der Waals surface area contributed by atoms with Crippen molar-refractivity contribution in [1.82, 2.24) is 0 Å². The standard InChI is InChI=1S/C15H22O5/c1-6-20-13(17)14(2,3)15(4,18)10-7-8-11(16)12(9-10)19-5/h7-9,16,18H,6H2,1-5H3. The number of rotatable bonds is 5. The van der Waals surface area contributed by atoms with Gasteiger partial charge in [-0.1, -0.05) is 6.07 Å². The van der Waals surface area contributed by atoms with Crippen LogP contribution in [-0.2, 0) is 15.1 Å². The molecule has 5 heteroatoms. The molecule has 0 radical (unpaired) electrons. The van der Waals surface area contributed by atoms with Crippen molar-refractivity contribution in [1.29, 1.82) is 0 Å². The Kier molecular flexibility index (Phi) is 4.65. The van der Waals surface area contributed by atoms with Gasteiger partial charge in [0.05, 0.1) is 19.1 Å². The van der Waals surface area contributed by atoms with E-state index >= 15 is 0 Å². The predicted molar refractivity (Wildman–Crippen MR) is 74.6 cm³/mol. The maximum atomic E-state index is 12.0. The van der Waals surface area contributed by atoms with E-state index in [1.54, 1.807) is 26.8 Å². The van der Waals surface area contributed by atoms with Crippen molar-refractivity contribution in [3.05, 3.63) is 23.8 Å². The van der Waals surface area contributed by atoms with Gasteiger partial charge in [-0.25, -0.2) is 0 Å². The number of aromatic hydroxyl groups is 1. The van der Waals surface area contributed by atoms with Crippen molar-refractivity contribution in [2.45, 2.75) is 33.3 Å². The van der Waals surface area contributed by atoms with E-state index in [1.807, 2.05) is 0 Å². The molecule has 0 fully saturated rings. The number of phenolic OH excluding ortho intramolecular Hbond substituents is 1. The molecule has 0 aliphatic rings. The number of aliphatic hydroxyl groups is 1. The second kappa shape index (κ2) is 5.71. The minimum atomic E-state index is -1.47. The molecule has 1 aromatic rings. The first-order chi connectivity index (χ1) is 9.18. The molecule has 1 aromatic carbocycles. The van der Waals surface area contributed by atoms with Crippen LogP contribution in [-0.4, -0.2) is 29.9 Å². The number of benzene rings is 1. The molecule has 0 aliphatic carbocycles. The Morgan fingerprint density at radius 3 is 2.40 bits per heavy atom. The summed E-state index contributed by atoms with van der Waals surface area (Å²) in [5, 5.41) is 20.4. The molecule has 0 saturated carbocycles. The van der Waals surface area contributed by atoms with Crippen LogP contribution in [0.15, 0.2) is 18.2 Å². The van der Waals surface area contributed by atoms with Gasteiger partial charge in [0.2, 0.25) is 0 Å². The summed E-state index contributed by atoms with van der Waals surface area (Å²) in [4.78, 5) is 12.0. The van der Waals surface area contributed by atoms with Crippen molar-refractivity contribution >= 4 is 5.97 Å². The Bertz CT molecular complexity index is 491. The van der Waals surface area contributed by atoms with Crippen molar-refractivity contribution < 1.29 is 24.5 Å². The summed E-state index contributed by atoms with van der Waals surface area (Å²) < 4.78 is 10.0. The first kappa shape index (κ1) is 16.3. The topological polar surface area (TPSA) is 76.0 Å². The van der Waals surface area contributed by atoms with Gasteiger partial charge >= 0.3 is 5.97 Å². The molecule has 112 valence electrons. The molecule has 0 aliphatic heterocycles. The summed E-state index contributed by atoms with van der Waals surface area (Å²) in [6, 6.07) is 4.49. The van der Waals surface area contributed by atoms with Crippen molar-refractivity contribution in [3.63, 3.8) is 0 Å². The predicted octanol–water partition coefficient (Wildman–Crippen LogP) is 2.20. The van der Waals surface area contributed by atoms with Crippen LogP contribution < -0.4 is 4.74 Å². The lowest BCUT2D eigenvalue weighted by atomic mass is 9.72. The summed E-state index contributed by atoms with van der Waals surface area (Å²) in [5.74, 6) is -0.277. The molecule has 1 atom stereocenters. The fourth-order valence-corrected chi connectivity index (χ4v) is 1.85. The van der Waals surface area contributed by atoms with Crippen LogP contribution in [0.4, 0.5) is 0 Å². The van der Waals surface area contributed by atoms with Gasteiger partial charge in [-0.3, -0.25) is 4.79 Å². The second-order valence-corrected chi connectivity index (χ2v) is 5.30. The Morgan fingerprint density at radius 1 is 1.30 bits per heavy atom. The molecule has 20 heavy (non-hydrogen) atoms. The molecule has 5 nitrogen and oxygen atoms in total. The molecular formula is C15H22O5. The van der Waals surface area contributed by atoms with Crippen LogP contribution in [0, 0.1) is 5.41 Å². The van der Waals surface area contributed by atoms with Gasteiger partial charge < -0.3 is 19.7 Å². The first-order valence-electron chi connectivity index (χ1n) is 6.45. The number of hydrogen-bond donors (Lipinski definition) is 2. The highest BCUT2D eigenvalue weighted by Gasteiger charge is 2.48. The Hall–Kier alpha value is -1.75. The Morgan fingerprint density at radius 2 is 1.90 bits per heavy atom. The van der Waals surface area contributed by atoms with E-state index in [0.717, 1.165) is 0 Å². The molecular weight excluding hydrogens is 260 g/mol. The summed E-state index contributed by atoms with van der Waals surface area (Å²) in [6.45, 7) is 6.73. The highest BCUT2D eigenvalue weighted by molar-refractivity contribution is 5.78. The zero-order valence-corrected chi connectivity index (χ0v) is 12.6. The van der Waals surface area contributed by atoms with Crippen molar-refractivity contribution in [2.75, 3.05) is 13.7 Å². The lowest BCUT2D eigenvalue weighted by molar-refractivity contribution is -0.170. The number of carbonyl (C=O) groups is 1. The van der Waals surface area contributed by atoms with Gasteiger partial charge in [0, 0.05) is 0 Å². The van der Waals surface area contributed by atoms with E-state index in [4.69, 9.17) is 9.47 Å². The number of ether oxygens (including phenoxy) is 2. The van der Waals surface area contributed by atoms with E-state index in [0.29, 0.717) is 5.56 Å². The molecule has 2 N–H and O–H groups in total. The lowest BCUT2D eigenvalue weighted by Crippen LogP contribution is -2.46. The largest absolute Gasteiger partial charge is 0.504 e. The third-order valence-corrected chi connectivity index (χ3v) is 3.74. The molecule has 0 heterocycles. The van der Waals surface area contributed by atoms with E-state index < -0.39 is 17.0 Å². The van der Waals surface area contributed by atoms with Gasteiger partial charge in [-0.05, 0) is 45.4 Å². The zero-order valence-electron chi connectivity index (χ0n) is 12.6. The average molecular weight is 282 g/mol. The fourth-order valence-electron chi connectivity index (χ4n) is 1.85. The summed E-state index contributed by atoms with van der Waals surface area (Å²) >= 11 is 0. The number of esters is 1. The summed E-state index contributed by atoms with van der Waals surface area (Å²) in [7, 11) is 1.42. The monoisotopic (exact) mass is 282 g/mol. The molecule has 0 amide bonds. The third kappa shape index (κ3) is 2.72. The second-order valence-electron chi connectivity index (χ2n) is 5.30. The van der Waals surface area contributed by atoms with Crippen LogP contribution in [0.1, 0.15) is 33.3 Å². The maximum absolute atomic E-state index is 12.0. The Balaban J connectivity index is 3.24. The minimum Gasteiger partial charge on any atom is -0.504 e. The molecule has 1 unspecified atom stereocenters. The van der Waals surface area contributed by atoms with E-state index in [9.17, 15) is 15.0 Å². The Labute approximate surface area is 119 Å². The van der Waals surface area contributed by atoms with Crippen LogP contribution in [0.25, 0.3) is 0 Å². The molecule has 0 spiro atoms. The summed E-state index contributed by atoms with van der Waals surface area (Å²) in [6.07, 6.45) is 0. The number of phenols is 1. The van der Waals surface area contributed by atoms with Crippen molar-refractivity contribution in [2.24, 2.45) is 5.41 Å². The van der Waals surface area contributed by atoms with Crippen molar-refractivity contribution in [3.8, 4) is 11.5 Å². The van der Waals surface area contributed by atoms with Gasteiger partial charge in [-0.2, -0.15) is 0 Å². The van der Waals surface area contributed by atoms with Crippen LogP contribution >= 0.6 is 0 Å². The third-order valence-electron chi connectivity index (χ3n) is 3.74. The van der Waals surface area contributed by atoms with Gasteiger partial charge in [0.25, 0.3) is 0 Å². The first-order valence-corrected chi connectivity index (χ1v) is 6.45. The van der Waals surface area contributed by atoms with Crippen LogP contribution in [0.3, 0.4) is 0 Å². The molecule has 1 rings (SSSR count). The summed E-state index contributed by atoms with van der Waals surface area (Å²) in [5.41, 5.74) is -2.16. The van der Waals surface area contributed by atoms with Gasteiger partial charge in [0.15, 0.2) is 11.5 Å². The molecule has 0 aromatic heterocycles. The average Bonchev–Trinajstić information content (AvgIpc) is 2.39. The molecule has 0 saturated heterocycles. The number of methoxy groups -OCH3 is 1. The smallest absolute Gasteiger partial charge is 0.314 e. The van der Waals surface area contributed by atoms with E-state index in [2.05, 4.69) is 0 Å². The SMILES string of the molecule is CCOC(=O)C(C)(C)C(C)(O)c1ccc(O)c(OC)c1. The normalized spacial score (nSPS) is 14.5.